The van der Waals surface area contributed by atoms with Gasteiger partial charge in [0.25, 0.3) is 11.1 Å². The Morgan fingerprint density at radius 1 is 1.18 bits per heavy atom. The van der Waals surface area contributed by atoms with Crippen LogP contribution in [0.3, 0.4) is 0 Å². The van der Waals surface area contributed by atoms with Crippen molar-refractivity contribution in [2.45, 2.75) is 56.7 Å². The van der Waals surface area contributed by atoms with Gasteiger partial charge in [0.2, 0.25) is 5.91 Å². The van der Waals surface area contributed by atoms with Crippen molar-refractivity contribution in [3.63, 3.8) is 0 Å². The number of aromatic nitrogens is 2. The molecule has 28 heavy (non-hydrogen) atoms. The lowest BCUT2D eigenvalue weighted by Crippen LogP contribution is -2.49. The molecule has 0 aliphatic rings. The van der Waals surface area contributed by atoms with Crippen LogP contribution in [0.2, 0.25) is 0 Å². The van der Waals surface area contributed by atoms with E-state index in [-0.39, 0.29) is 16.9 Å². The number of urea groups is 1. The van der Waals surface area contributed by atoms with Crippen LogP contribution >= 0.6 is 11.8 Å². The molecule has 0 aliphatic heterocycles. The zero-order valence-electron chi connectivity index (χ0n) is 16.3. The number of rotatable bonds is 6. The molecule has 1 aromatic carbocycles. The fourth-order valence-electron chi connectivity index (χ4n) is 1.99. The Labute approximate surface area is 166 Å². The highest BCUT2D eigenvalue weighted by Gasteiger charge is 2.23. The Hall–Kier alpha value is -2.62. The number of hydrogen-bond donors (Lipinski definition) is 2. The van der Waals surface area contributed by atoms with Crippen molar-refractivity contribution in [2.24, 2.45) is 0 Å². The number of nitrogens with one attached hydrogen (secondary N) is 2. The standard InChI is InChI=1S/C18H23FN4O4S/c1-10(26-13-8-6-12(19)7-9-13)15-22-23-17(27-15)28-11(2)14(24)20-16(25)21-18(3,4)5/h6-11H,1-5H3,(H2,20,21,24,25)/t10-,11+/m1/s1. The number of halogens is 1. The summed E-state index contributed by atoms with van der Waals surface area (Å²) in [6.07, 6.45) is -0.561. The minimum absolute atomic E-state index is 0.170. The Morgan fingerprint density at radius 2 is 1.82 bits per heavy atom. The van der Waals surface area contributed by atoms with Gasteiger partial charge in [0.05, 0.1) is 5.25 Å². The number of amides is 3. The predicted molar refractivity (Wildman–Crippen MR) is 101 cm³/mol. The van der Waals surface area contributed by atoms with Crippen molar-refractivity contribution in [3.8, 4) is 5.75 Å². The first kappa shape index (κ1) is 21.7. The molecule has 0 aliphatic carbocycles. The number of carbonyl (C=O) groups excluding carboxylic acids is 2. The number of imide groups is 1. The molecule has 3 amide bonds. The molecule has 2 N–H and O–H groups in total. The second kappa shape index (κ2) is 9.05. The summed E-state index contributed by atoms with van der Waals surface area (Å²) in [7, 11) is 0. The van der Waals surface area contributed by atoms with Crippen molar-refractivity contribution >= 4 is 23.7 Å². The van der Waals surface area contributed by atoms with Crippen molar-refractivity contribution in [3.05, 3.63) is 36.0 Å². The van der Waals surface area contributed by atoms with Crippen molar-refractivity contribution in [1.82, 2.24) is 20.8 Å². The lowest BCUT2D eigenvalue weighted by Gasteiger charge is -2.20. The molecule has 0 spiro atoms. The summed E-state index contributed by atoms with van der Waals surface area (Å²) in [4.78, 5) is 23.9. The van der Waals surface area contributed by atoms with Crippen LogP contribution in [-0.2, 0) is 4.79 Å². The zero-order chi connectivity index (χ0) is 20.9. The third-order valence-electron chi connectivity index (χ3n) is 3.27. The average molecular weight is 410 g/mol. The minimum atomic E-state index is -0.632. The van der Waals surface area contributed by atoms with E-state index < -0.39 is 28.8 Å². The van der Waals surface area contributed by atoms with E-state index in [9.17, 15) is 14.0 Å². The number of carbonyl (C=O) groups is 2. The van der Waals surface area contributed by atoms with Crippen molar-refractivity contribution in [1.29, 1.82) is 0 Å². The quantitative estimate of drug-likeness (QED) is 0.703. The van der Waals surface area contributed by atoms with Crippen LogP contribution in [0.25, 0.3) is 0 Å². The third-order valence-corrected chi connectivity index (χ3v) is 4.20. The fourth-order valence-corrected chi connectivity index (χ4v) is 2.68. The van der Waals surface area contributed by atoms with Crippen LogP contribution in [-0.4, -0.2) is 32.9 Å². The molecule has 8 nitrogen and oxygen atoms in total. The first-order chi connectivity index (χ1) is 13.0. The highest BCUT2D eigenvalue weighted by atomic mass is 32.2. The van der Waals surface area contributed by atoms with Crippen molar-refractivity contribution in [2.75, 3.05) is 0 Å². The summed E-state index contributed by atoms with van der Waals surface area (Å²) in [6.45, 7) is 8.75. The summed E-state index contributed by atoms with van der Waals surface area (Å²) in [5.74, 6) is -0.175. The largest absolute Gasteiger partial charge is 0.481 e. The van der Waals surface area contributed by atoms with Gasteiger partial charge in [0.1, 0.15) is 11.6 Å². The molecule has 0 saturated heterocycles. The maximum Gasteiger partial charge on any atom is 0.321 e. The molecule has 2 rings (SSSR count). The number of hydrogen-bond acceptors (Lipinski definition) is 7. The van der Waals surface area contributed by atoms with E-state index in [0.29, 0.717) is 5.75 Å². The summed E-state index contributed by atoms with van der Waals surface area (Å²) in [5.41, 5.74) is -0.456. The topological polar surface area (TPSA) is 106 Å². The Morgan fingerprint density at radius 3 is 2.43 bits per heavy atom. The third kappa shape index (κ3) is 6.84. The molecule has 1 heterocycles. The molecule has 0 unspecified atom stereocenters. The molecule has 0 saturated carbocycles. The number of benzene rings is 1. The van der Waals surface area contributed by atoms with E-state index >= 15 is 0 Å². The van der Waals surface area contributed by atoms with Crippen LogP contribution in [0.4, 0.5) is 9.18 Å². The molecule has 0 fully saturated rings. The summed E-state index contributed by atoms with van der Waals surface area (Å²) < 4.78 is 24.1. The number of nitrogens with zero attached hydrogens (tertiary/aromatic N) is 2. The molecule has 1 aromatic heterocycles. The monoisotopic (exact) mass is 410 g/mol. The van der Waals surface area contributed by atoms with E-state index in [1.807, 2.05) is 20.8 Å². The first-order valence-electron chi connectivity index (χ1n) is 8.59. The van der Waals surface area contributed by atoms with Gasteiger partial charge < -0.3 is 14.5 Å². The van der Waals surface area contributed by atoms with Gasteiger partial charge in [-0.05, 0) is 58.9 Å². The number of ether oxygens (including phenoxy) is 1. The van der Waals surface area contributed by atoms with Crippen LogP contribution < -0.4 is 15.4 Å². The van der Waals surface area contributed by atoms with Crippen molar-refractivity contribution < 1.29 is 23.1 Å². The smallest absolute Gasteiger partial charge is 0.321 e. The van der Waals surface area contributed by atoms with Crippen LogP contribution in [0, 0.1) is 5.82 Å². The van der Waals surface area contributed by atoms with E-state index in [2.05, 4.69) is 20.8 Å². The maximum absolute atomic E-state index is 12.9. The normalized spacial score (nSPS) is 13.5. The van der Waals surface area contributed by atoms with E-state index in [0.717, 1.165) is 11.8 Å². The van der Waals surface area contributed by atoms with Gasteiger partial charge in [0.15, 0.2) is 6.10 Å². The lowest BCUT2D eigenvalue weighted by molar-refractivity contribution is -0.119. The first-order valence-corrected chi connectivity index (χ1v) is 9.47. The molecule has 152 valence electrons. The summed E-state index contributed by atoms with van der Waals surface area (Å²) in [5, 5.41) is 12.2. The Balaban J connectivity index is 1.89. The van der Waals surface area contributed by atoms with E-state index in [1.165, 1.54) is 24.3 Å². The predicted octanol–water partition coefficient (Wildman–Crippen LogP) is 3.45. The summed E-state index contributed by atoms with van der Waals surface area (Å²) >= 11 is 1.02. The molecule has 10 heteroatoms. The average Bonchev–Trinajstić information content (AvgIpc) is 3.03. The van der Waals surface area contributed by atoms with Crippen LogP contribution in [0.1, 0.15) is 46.6 Å². The highest BCUT2D eigenvalue weighted by molar-refractivity contribution is 8.00. The molecule has 2 aromatic rings. The lowest BCUT2D eigenvalue weighted by atomic mass is 10.1. The van der Waals surface area contributed by atoms with Gasteiger partial charge in [-0.3, -0.25) is 10.1 Å². The maximum atomic E-state index is 12.9. The van der Waals surface area contributed by atoms with Gasteiger partial charge in [-0.15, -0.1) is 10.2 Å². The fraction of sp³-hybridized carbons (Fsp3) is 0.444. The molecule has 0 radical (unpaired) electrons. The van der Waals surface area contributed by atoms with Gasteiger partial charge in [-0.2, -0.15) is 0 Å². The zero-order valence-corrected chi connectivity index (χ0v) is 17.1. The van der Waals surface area contributed by atoms with E-state index in [1.54, 1.807) is 13.8 Å². The molecule has 2 atom stereocenters. The Kier molecular flexibility index (Phi) is 7.00. The summed E-state index contributed by atoms with van der Waals surface area (Å²) in [6, 6.07) is 4.98. The highest BCUT2D eigenvalue weighted by Crippen LogP contribution is 2.26. The SMILES string of the molecule is C[C@H](Sc1nnc([C@@H](C)Oc2ccc(F)cc2)o1)C(=O)NC(=O)NC(C)(C)C. The van der Waals surface area contributed by atoms with Gasteiger partial charge in [-0.25, -0.2) is 9.18 Å². The second-order valence-electron chi connectivity index (χ2n) is 7.07. The van der Waals surface area contributed by atoms with Gasteiger partial charge in [0, 0.05) is 5.54 Å². The Bertz CT molecular complexity index is 820. The molecular weight excluding hydrogens is 387 g/mol. The van der Waals surface area contributed by atoms with Gasteiger partial charge >= 0.3 is 6.03 Å². The molecule has 0 bridgehead atoms. The van der Waals surface area contributed by atoms with Gasteiger partial charge in [-0.1, -0.05) is 11.8 Å². The number of thioether (sulfide) groups is 1. The second-order valence-corrected chi connectivity index (χ2v) is 8.37. The van der Waals surface area contributed by atoms with Crippen LogP contribution in [0.5, 0.6) is 5.75 Å². The van der Waals surface area contributed by atoms with Crippen LogP contribution in [0.15, 0.2) is 33.9 Å². The molecular formula is C18H23FN4O4S. The van der Waals surface area contributed by atoms with E-state index in [4.69, 9.17) is 9.15 Å². The minimum Gasteiger partial charge on any atom is -0.481 e.